The summed E-state index contributed by atoms with van der Waals surface area (Å²) in [5.74, 6) is 1.37. The van der Waals surface area contributed by atoms with Gasteiger partial charge in [-0.05, 0) is 19.1 Å². The zero-order chi connectivity index (χ0) is 13.7. The van der Waals surface area contributed by atoms with Gasteiger partial charge in [0, 0.05) is 11.6 Å². The average Bonchev–Trinajstić information content (AvgIpc) is 2.93. The van der Waals surface area contributed by atoms with Gasteiger partial charge in [0.15, 0.2) is 11.6 Å². The predicted octanol–water partition coefficient (Wildman–Crippen LogP) is 1.37. The first-order chi connectivity index (χ1) is 9.16. The zero-order valence-electron chi connectivity index (χ0n) is 10.7. The quantitative estimate of drug-likeness (QED) is 0.857. The van der Waals surface area contributed by atoms with E-state index in [1.54, 1.807) is 36.9 Å². The molecule has 6 heteroatoms. The summed E-state index contributed by atoms with van der Waals surface area (Å²) in [6.45, 7) is 2.15. The van der Waals surface area contributed by atoms with Gasteiger partial charge in [-0.3, -0.25) is 10.1 Å². The van der Waals surface area contributed by atoms with Gasteiger partial charge in [-0.15, -0.1) is 11.8 Å². The largest absolute Gasteiger partial charge is 0.486 e. The summed E-state index contributed by atoms with van der Waals surface area (Å²) >= 11 is 1.70. The van der Waals surface area contributed by atoms with Crippen molar-refractivity contribution in [2.45, 2.75) is 19.1 Å². The SMILES string of the molecule is CC(CNC(=O)C1CSCN1)Oc1ccccc1F. The van der Waals surface area contributed by atoms with Crippen LogP contribution in [0.5, 0.6) is 5.75 Å². The molecule has 1 saturated heterocycles. The molecule has 0 radical (unpaired) electrons. The van der Waals surface area contributed by atoms with Crippen LogP contribution >= 0.6 is 11.8 Å². The molecule has 104 valence electrons. The van der Waals surface area contributed by atoms with Crippen LogP contribution in [0.4, 0.5) is 4.39 Å². The molecule has 1 amide bonds. The van der Waals surface area contributed by atoms with E-state index in [1.807, 2.05) is 0 Å². The minimum absolute atomic E-state index is 0.0333. The van der Waals surface area contributed by atoms with Gasteiger partial charge in [-0.25, -0.2) is 4.39 Å². The van der Waals surface area contributed by atoms with Gasteiger partial charge in [-0.1, -0.05) is 12.1 Å². The Morgan fingerprint density at radius 2 is 2.42 bits per heavy atom. The van der Waals surface area contributed by atoms with E-state index in [0.29, 0.717) is 6.54 Å². The molecule has 2 N–H and O–H groups in total. The van der Waals surface area contributed by atoms with Crippen molar-refractivity contribution in [2.24, 2.45) is 0 Å². The fraction of sp³-hybridized carbons (Fsp3) is 0.462. The number of nitrogens with one attached hydrogen (secondary N) is 2. The zero-order valence-corrected chi connectivity index (χ0v) is 11.5. The van der Waals surface area contributed by atoms with E-state index < -0.39 is 5.82 Å². The van der Waals surface area contributed by atoms with Crippen LogP contribution in [0.2, 0.25) is 0 Å². The van der Waals surface area contributed by atoms with Crippen molar-refractivity contribution in [3.63, 3.8) is 0 Å². The lowest BCUT2D eigenvalue weighted by Crippen LogP contribution is -2.44. The Balaban J connectivity index is 1.76. The van der Waals surface area contributed by atoms with Crippen molar-refractivity contribution < 1.29 is 13.9 Å². The molecule has 19 heavy (non-hydrogen) atoms. The molecule has 0 aromatic heterocycles. The van der Waals surface area contributed by atoms with E-state index in [4.69, 9.17) is 4.74 Å². The molecule has 2 atom stereocenters. The third-order valence-electron chi connectivity index (χ3n) is 2.76. The predicted molar refractivity (Wildman–Crippen MR) is 73.7 cm³/mol. The molecule has 1 aromatic carbocycles. The summed E-state index contributed by atoms with van der Waals surface area (Å²) in [5.41, 5.74) is 0. The van der Waals surface area contributed by atoms with Gasteiger partial charge in [-0.2, -0.15) is 0 Å². The van der Waals surface area contributed by atoms with Gasteiger partial charge in [0.1, 0.15) is 6.10 Å². The first kappa shape index (κ1) is 14.1. The van der Waals surface area contributed by atoms with Crippen LogP contribution in [0.3, 0.4) is 0 Å². The lowest BCUT2D eigenvalue weighted by Gasteiger charge is -2.17. The maximum Gasteiger partial charge on any atom is 0.238 e. The molecule has 2 rings (SSSR count). The van der Waals surface area contributed by atoms with Gasteiger partial charge < -0.3 is 10.1 Å². The van der Waals surface area contributed by atoms with Gasteiger partial charge in [0.2, 0.25) is 5.91 Å². The molecule has 1 aliphatic rings. The second-order valence-corrected chi connectivity index (χ2v) is 5.41. The Morgan fingerprint density at radius 3 is 3.11 bits per heavy atom. The molecule has 0 bridgehead atoms. The molecular formula is C13H17FN2O2S. The molecule has 2 unspecified atom stereocenters. The lowest BCUT2D eigenvalue weighted by molar-refractivity contribution is -0.122. The Bertz CT molecular complexity index is 438. The van der Waals surface area contributed by atoms with Crippen molar-refractivity contribution in [1.82, 2.24) is 10.6 Å². The molecule has 1 aliphatic heterocycles. The molecule has 0 saturated carbocycles. The fourth-order valence-corrected chi connectivity index (χ4v) is 2.67. The van der Waals surface area contributed by atoms with Gasteiger partial charge in [0.05, 0.1) is 12.6 Å². The molecule has 4 nitrogen and oxygen atoms in total. The summed E-state index contributed by atoms with van der Waals surface area (Å²) in [6, 6.07) is 6.11. The molecule has 0 spiro atoms. The third-order valence-corrected chi connectivity index (χ3v) is 3.70. The Morgan fingerprint density at radius 1 is 1.63 bits per heavy atom. The number of halogens is 1. The highest BCUT2D eigenvalue weighted by Crippen LogP contribution is 2.16. The normalized spacial score (nSPS) is 20.0. The standard InChI is InChI=1S/C13H17FN2O2S/c1-9(18-12-5-3-2-4-10(12)14)6-15-13(17)11-7-19-8-16-11/h2-5,9,11,16H,6-8H2,1H3,(H,15,17). The van der Waals surface area contributed by atoms with E-state index in [-0.39, 0.29) is 23.8 Å². The maximum absolute atomic E-state index is 13.4. The third kappa shape index (κ3) is 4.11. The topological polar surface area (TPSA) is 50.4 Å². The summed E-state index contributed by atoms with van der Waals surface area (Å²) in [7, 11) is 0. The highest BCUT2D eigenvalue weighted by atomic mass is 32.2. The second kappa shape index (κ2) is 6.77. The Labute approximate surface area is 116 Å². The number of ether oxygens (including phenoxy) is 1. The summed E-state index contributed by atoms with van der Waals surface area (Å²) in [5, 5.41) is 5.89. The minimum Gasteiger partial charge on any atom is -0.486 e. The number of carbonyl (C=O) groups is 1. The first-order valence-corrected chi connectivity index (χ1v) is 7.32. The fourth-order valence-electron chi connectivity index (χ4n) is 1.73. The van der Waals surface area contributed by atoms with E-state index >= 15 is 0 Å². The monoisotopic (exact) mass is 284 g/mol. The molecular weight excluding hydrogens is 267 g/mol. The van der Waals surface area contributed by atoms with Crippen LogP contribution in [-0.2, 0) is 4.79 Å². The van der Waals surface area contributed by atoms with E-state index in [9.17, 15) is 9.18 Å². The van der Waals surface area contributed by atoms with Crippen molar-refractivity contribution >= 4 is 17.7 Å². The number of hydrogen-bond donors (Lipinski definition) is 2. The Hall–Kier alpha value is -1.27. The van der Waals surface area contributed by atoms with E-state index in [0.717, 1.165) is 11.6 Å². The van der Waals surface area contributed by atoms with Crippen LogP contribution in [-0.4, -0.2) is 36.2 Å². The van der Waals surface area contributed by atoms with Crippen LogP contribution in [0.1, 0.15) is 6.92 Å². The number of rotatable bonds is 5. The molecule has 1 aromatic rings. The van der Waals surface area contributed by atoms with Gasteiger partial charge >= 0.3 is 0 Å². The summed E-state index contributed by atoms with van der Waals surface area (Å²) in [4.78, 5) is 11.8. The van der Waals surface area contributed by atoms with Crippen LogP contribution in [0.15, 0.2) is 24.3 Å². The average molecular weight is 284 g/mol. The van der Waals surface area contributed by atoms with E-state index in [2.05, 4.69) is 10.6 Å². The number of hydrogen-bond acceptors (Lipinski definition) is 4. The van der Waals surface area contributed by atoms with Crippen molar-refractivity contribution in [3.05, 3.63) is 30.1 Å². The van der Waals surface area contributed by atoms with Crippen molar-refractivity contribution in [1.29, 1.82) is 0 Å². The maximum atomic E-state index is 13.4. The highest BCUT2D eigenvalue weighted by molar-refractivity contribution is 7.99. The number of amides is 1. The van der Waals surface area contributed by atoms with Gasteiger partial charge in [0.25, 0.3) is 0 Å². The van der Waals surface area contributed by atoms with Crippen molar-refractivity contribution in [2.75, 3.05) is 18.2 Å². The smallest absolute Gasteiger partial charge is 0.238 e. The van der Waals surface area contributed by atoms with Crippen molar-refractivity contribution in [3.8, 4) is 5.75 Å². The lowest BCUT2D eigenvalue weighted by atomic mass is 10.3. The molecule has 1 fully saturated rings. The van der Waals surface area contributed by atoms with Crippen LogP contribution in [0, 0.1) is 5.82 Å². The molecule has 0 aliphatic carbocycles. The Kier molecular flexibility index (Phi) is 5.04. The van der Waals surface area contributed by atoms with Crippen LogP contribution in [0.25, 0.3) is 0 Å². The first-order valence-electron chi connectivity index (χ1n) is 6.17. The number of carbonyl (C=O) groups excluding carboxylic acids is 1. The number of benzene rings is 1. The van der Waals surface area contributed by atoms with E-state index in [1.165, 1.54) is 6.07 Å². The van der Waals surface area contributed by atoms with Crippen LogP contribution < -0.4 is 15.4 Å². The molecule has 1 heterocycles. The summed E-state index contributed by atoms with van der Waals surface area (Å²) < 4.78 is 18.8. The number of para-hydroxylation sites is 1. The number of thioether (sulfide) groups is 1. The minimum atomic E-state index is -0.394. The highest BCUT2D eigenvalue weighted by Gasteiger charge is 2.22. The second-order valence-electron chi connectivity index (χ2n) is 4.38. The summed E-state index contributed by atoms with van der Waals surface area (Å²) in [6.07, 6.45) is -0.282.